The zero-order valence-electron chi connectivity index (χ0n) is 9.76. The fourth-order valence-corrected chi connectivity index (χ4v) is 4.32. The van der Waals surface area contributed by atoms with Gasteiger partial charge in [-0.15, -0.1) is 0 Å². The van der Waals surface area contributed by atoms with Crippen LogP contribution in [0.3, 0.4) is 0 Å². The molecule has 0 saturated carbocycles. The quantitative estimate of drug-likeness (QED) is 0.752. The Bertz CT molecular complexity index is 420. The Hall–Kier alpha value is -0.660. The third-order valence-corrected chi connectivity index (χ3v) is 5.59. The van der Waals surface area contributed by atoms with Gasteiger partial charge in [0.15, 0.2) is 0 Å². The molecule has 0 aromatic rings. The minimum absolute atomic E-state index is 0.0685. The Balaban J connectivity index is 2.30. The molecular formula is C10H17NO5S. The number of ether oxygens (including phenoxy) is 1. The van der Waals surface area contributed by atoms with Gasteiger partial charge in [-0.05, 0) is 19.8 Å². The fraction of sp³-hybridized carbons (Fsp3) is 0.900. The van der Waals surface area contributed by atoms with E-state index in [1.54, 1.807) is 6.92 Å². The Morgan fingerprint density at radius 2 is 2.18 bits per heavy atom. The Kier molecular flexibility index (Phi) is 3.17. The molecular weight excluding hydrogens is 246 g/mol. The van der Waals surface area contributed by atoms with Crippen LogP contribution in [-0.4, -0.2) is 55.4 Å². The molecule has 2 atom stereocenters. The van der Waals surface area contributed by atoms with Crippen molar-refractivity contribution in [3.63, 3.8) is 0 Å². The number of carboxylic acids is 1. The second-order valence-electron chi connectivity index (χ2n) is 4.89. The van der Waals surface area contributed by atoms with Crippen LogP contribution < -0.4 is 0 Å². The first kappa shape index (κ1) is 12.8. The zero-order valence-corrected chi connectivity index (χ0v) is 10.6. The second kappa shape index (κ2) is 4.22. The van der Waals surface area contributed by atoms with E-state index < -0.39 is 27.4 Å². The number of nitrogens with zero attached hydrogens (tertiary/aromatic N) is 1. The van der Waals surface area contributed by atoms with Gasteiger partial charge in [0, 0.05) is 6.54 Å². The molecule has 17 heavy (non-hydrogen) atoms. The second-order valence-corrected chi connectivity index (χ2v) is 6.93. The smallest absolute Gasteiger partial charge is 0.313 e. The van der Waals surface area contributed by atoms with Crippen LogP contribution in [0.25, 0.3) is 0 Å². The van der Waals surface area contributed by atoms with Gasteiger partial charge < -0.3 is 9.84 Å². The summed E-state index contributed by atoms with van der Waals surface area (Å²) in [4.78, 5) is 11.3. The van der Waals surface area contributed by atoms with E-state index in [9.17, 15) is 18.3 Å². The first-order valence-electron chi connectivity index (χ1n) is 5.68. The lowest BCUT2D eigenvalue weighted by Crippen LogP contribution is -2.54. The van der Waals surface area contributed by atoms with Gasteiger partial charge in [-0.2, -0.15) is 4.31 Å². The predicted molar refractivity (Wildman–Crippen MR) is 60.1 cm³/mol. The first-order valence-corrected chi connectivity index (χ1v) is 7.29. The summed E-state index contributed by atoms with van der Waals surface area (Å²) in [6.07, 6.45) is 1.43. The number of carbonyl (C=O) groups is 1. The molecule has 0 amide bonds. The highest BCUT2D eigenvalue weighted by Gasteiger charge is 2.52. The largest absolute Gasteiger partial charge is 0.481 e. The maximum atomic E-state index is 12.0. The van der Waals surface area contributed by atoms with Gasteiger partial charge in [-0.3, -0.25) is 4.79 Å². The van der Waals surface area contributed by atoms with Gasteiger partial charge in [-0.1, -0.05) is 0 Å². The summed E-state index contributed by atoms with van der Waals surface area (Å²) < 4.78 is 30.4. The van der Waals surface area contributed by atoms with Crippen molar-refractivity contribution in [2.24, 2.45) is 5.41 Å². The molecule has 2 heterocycles. The van der Waals surface area contributed by atoms with Crippen LogP contribution in [0.1, 0.15) is 19.8 Å². The minimum Gasteiger partial charge on any atom is -0.481 e. The molecule has 0 aromatic carbocycles. The number of rotatable bonds is 2. The van der Waals surface area contributed by atoms with Gasteiger partial charge in [0.2, 0.25) is 10.0 Å². The lowest BCUT2D eigenvalue weighted by Gasteiger charge is -2.36. The molecule has 6 nitrogen and oxygen atoms in total. The summed E-state index contributed by atoms with van der Waals surface area (Å²) >= 11 is 0. The Labute approximate surface area is 101 Å². The van der Waals surface area contributed by atoms with E-state index in [0.717, 1.165) is 6.42 Å². The normalized spacial score (nSPS) is 38.1. The van der Waals surface area contributed by atoms with Gasteiger partial charge >= 0.3 is 5.97 Å². The monoisotopic (exact) mass is 263 g/mol. The van der Waals surface area contributed by atoms with E-state index in [1.807, 2.05) is 0 Å². The molecule has 0 aromatic heterocycles. The van der Waals surface area contributed by atoms with Gasteiger partial charge in [0.1, 0.15) is 5.41 Å². The van der Waals surface area contributed by atoms with Crippen molar-refractivity contribution in [2.75, 3.05) is 25.5 Å². The molecule has 0 bridgehead atoms. The number of sulfonamides is 1. The molecule has 1 N–H and O–H groups in total. The Morgan fingerprint density at radius 3 is 2.76 bits per heavy atom. The van der Waals surface area contributed by atoms with Crippen molar-refractivity contribution < 1.29 is 23.1 Å². The van der Waals surface area contributed by atoms with Crippen LogP contribution in [0.15, 0.2) is 0 Å². The number of aliphatic carboxylic acids is 1. The summed E-state index contributed by atoms with van der Waals surface area (Å²) in [5, 5.41) is 9.24. The standard InChI is InChI=1S/C10H17NO5S/c1-10(9(12)13)7-16-6-8(10)11-4-2-3-5-17(11,14)15/h8H,2-7H2,1H3,(H,12,13). The lowest BCUT2D eigenvalue weighted by molar-refractivity contribution is -0.149. The van der Waals surface area contributed by atoms with Crippen molar-refractivity contribution in [1.82, 2.24) is 4.31 Å². The van der Waals surface area contributed by atoms with Gasteiger partial charge in [0.05, 0.1) is 25.0 Å². The van der Waals surface area contributed by atoms with E-state index in [0.29, 0.717) is 13.0 Å². The van der Waals surface area contributed by atoms with Crippen molar-refractivity contribution in [1.29, 1.82) is 0 Å². The third kappa shape index (κ3) is 2.07. The van der Waals surface area contributed by atoms with Gasteiger partial charge in [0.25, 0.3) is 0 Å². The highest BCUT2D eigenvalue weighted by molar-refractivity contribution is 7.89. The van der Waals surface area contributed by atoms with E-state index in [4.69, 9.17) is 4.74 Å². The first-order chi connectivity index (χ1) is 7.88. The van der Waals surface area contributed by atoms with Crippen molar-refractivity contribution in [3.05, 3.63) is 0 Å². The number of hydrogen-bond acceptors (Lipinski definition) is 4. The molecule has 2 fully saturated rings. The molecule has 2 aliphatic heterocycles. The van der Waals surface area contributed by atoms with Crippen LogP contribution >= 0.6 is 0 Å². The molecule has 0 aliphatic carbocycles. The number of hydrogen-bond donors (Lipinski definition) is 1. The maximum absolute atomic E-state index is 12.0. The molecule has 7 heteroatoms. The maximum Gasteiger partial charge on any atom is 0.313 e. The van der Waals surface area contributed by atoms with Crippen molar-refractivity contribution >= 4 is 16.0 Å². The molecule has 2 aliphatic rings. The van der Waals surface area contributed by atoms with Crippen molar-refractivity contribution in [3.8, 4) is 0 Å². The van der Waals surface area contributed by atoms with Crippen LogP contribution in [0, 0.1) is 5.41 Å². The summed E-state index contributed by atoms with van der Waals surface area (Å²) in [5.41, 5.74) is -1.13. The zero-order chi connectivity index (χ0) is 12.7. The average Bonchev–Trinajstić information content (AvgIpc) is 2.61. The van der Waals surface area contributed by atoms with E-state index in [-0.39, 0.29) is 19.0 Å². The van der Waals surface area contributed by atoms with E-state index in [1.165, 1.54) is 4.31 Å². The highest BCUT2D eigenvalue weighted by Crippen LogP contribution is 2.35. The third-order valence-electron chi connectivity index (χ3n) is 3.64. The summed E-state index contributed by atoms with van der Waals surface area (Å²) in [5.74, 6) is -0.889. The molecule has 0 spiro atoms. The average molecular weight is 263 g/mol. The minimum atomic E-state index is -3.32. The van der Waals surface area contributed by atoms with Crippen LogP contribution in [0.2, 0.25) is 0 Å². The van der Waals surface area contributed by atoms with Crippen LogP contribution in [0.4, 0.5) is 0 Å². The molecule has 2 unspecified atom stereocenters. The molecule has 98 valence electrons. The van der Waals surface area contributed by atoms with Crippen LogP contribution in [0.5, 0.6) is 0 Å². The summed E-state index contributed by atoms with van der Waals surface area (Å²) in [7, 11) is -3.32. The molecule has 2 rings (SSSR count). The van der Waals surface area contributed by atoms with E-state index in [2.05, 4.69) is 0 Å². The molecule has 0 radical (unpaired) electrons. The van der Waals surface area contributed by atoms with Gasteiger partial charge in [-0.25, -0.2) is 8.42 Å². The summed E-state index contributed by atoms with van der Waals surface area (Å²) in [6, 6.07) is -0.578. The van der Waals surface area contributed by atoms with Crippen molar-refractivity contribution in [2.45, 2.75) is 25.8 Å². The topological polar surface area (TPSA) is 83.9 Å². The highest BCUT2D eigenvalue weighted by atomic mass is 32.2. The predicted octanol–water partition coefficient (Wildman–Crippen LogP) is -0.0983. The fourth-order valence-electron chi connectivity index (χ4n) is 2.43. The lowest BCUT2D eigenvalue weighted by atomic mass is 9.85. The summed E-state index contributed by atoms with van der Waals surface area (Å²) in [6.45, 7) is 2.19. The van der Waals surface area contributed by atoms with Crippen LogP contribution in [-0.2, 0) is 19.6 Å². The SMILES string of the molecule is CC1(C(=O)O)COCC1N1CCCCS1(=O)=O. The number of carboxylic acid groups (broad SMARTS) is 1. The van der Waals surface area contributed by atoms with E-state index >= 15 is 0 Å². The Morgan fingerprint density at radius 1 is 1.47 bits per heavy atom. The molecule has 2 saturated heterocycles.